The van der Waals surface area contributed by atoms with Crippen molar-refractivity contribution in [3.63, 3.8) is 0 Å². The summed E-state index contributed by atoms with van der Waals surface area (Å²) in [6, 6.07) is 0. The maximum atomic E-state index is 9.22. The molecule has 2 nitrogen and oxygen atoms in total. The molecule has 0 amide bonds. The summed E-state index contributed by atoms with van der Waals surface area (Å²) in [6.45, 7) is 7.40. The molecule has 12 heavy (non-hydrogen) atoms. The van der Waals surface area contributed by atoms with E-state index in [0.29, 0.717) is 0 Å². The first-order valence-corrected chi connectivity index (χ1v) is 5.09. The van der Waals surface area contributed by atoms with Gasteiger partial charge in [-0.05, 0) is 45.2 Å². The average molecular weight is 171 g/mol. The highest BCUT2D eigenvalue weighted by Crippen LogP contribution is 2.16. The molecule has 0 aromatic carbocycles. The highest BCUT2D eigenvalue weighted by atomic mass is 16.3. The van der Waals surface area contributed by atoms with Gasteiger partial charge in [-0.2, -0.15) is 0 Å². The van der Waals surface area contributed by atoms with E-state index in [1.165, 1.54) is 32.4 Å². The van der Waals surface area contributed by atoms with Crippen molar-refractivity contribution in [2.24, 2.45) is 5.92 Å². The van der Waals surface area contributed by atoms with Crippen LogP contribution in [0.25, 0.3) is 0 Å². The lowest BCUT2D eigenvalue weighted by Crippen LogP contribution is -2.31. The van der Waals surface area contributed by atoms with Crippen LogP contribution in [0, 0.1) is 5.92 Å². The smallest absolute Gasteiger partial charge is 0.0639 e. The number of β-amino-alcohol motifs (C(OH)–C–C–N with tert-alkyl or cyclic N) is 1. The van der Waals surface area contributed by atoms with Crippen molar-refractivity contribution in [3.8, 4) is 0 Å². The fourth-order valence-electron chi connectivity index (χ4n) is 1.88. The Balaban J connectivity index is 2.26. The van der Waals surface area contributed by atoms with Gasteiger partial charge in [0.05, 0.1) is 6.10 Å². The molecular formula is C10H21NO. The van der Waals surface area contributed by atoms with Gasteiger partial charge in [0.2, 0.25) is 0 Å². The Morgan fingerprint density at radius 3 is 2.83 bits per heavy atom. The van der Waals surface area contributed by atoms with E-state index in [4.69, 9.17) is 0 Å². The van der Waals surface area contributed by atoms with Crippen LogP contribution >= 0.6 is 0 Å². The molecule has 0 aliphatic carbocycles. The van der Waals surface area contributed by atoms with Crippen LogP contribution in [0.4, 0.5) is 0 Å². The van der Waals surface area contributed by atoms with Crippen LogP contribution in [0.3, 0.4) is 0 Å². The van der Waals surface area contributed by atoms with E-state index in [2.05, 4.69) is 11.8 Å². The first kappa shape index (κ1) is 10.0. The second kappa shape index (κ2) is 4.83. The number of aliphatic hydroxyl groups excluding tert-OH is 1. The van der Waals surface area contributed by atoms with Crippen molar-refractivity contribution in [2.75, 3.05) is 19.6 Å². The summed E-state index contributed by atoms with van der Waals surface area (Å²) in [7, 11) is 0. The molecule has 2 atom stereocenters. The lowest BCUT2D eigenvalue weighted by Gasteiger charge is -2.21. The van der Waals surface area contributed by atoms with E-state index < -0.39 is 0 Å². The number of aliphatic hydroxyl groups is 1. The summed E-state index contributed by atoms with van der Waals surface area (Å²) in [5.74, 6) is 0.879. The quantitative estimate of drug-likeness (QED) is 0.680. The zero-order chi connectivity index (χ0) is 8.97. The van der Waals surface area contributed by atoms with Crippen molar-refractivity contribution in [2.45, 2.75) is 39.2 Å². The Bertz CT molecular complexity index is 125. The van der Waals surface area contributed by atoms with Crippen molar-refractivity contribution in [1.82, 2.24) is 4.90 Å². The predicted octanol–water partition coefficient (Wildman–Crippen LogP) is 1.49. The highest BCUT2D eigenvalue weighted by molar-refractivity contribution is 4.68. The summed E-state index contributed by atoms with van der Waals surface area (Å²) in [5, 5.41) is 9.22. The Labute approximate surface area is 75.6 Å². The van der Waals surface area contributed by atoms with Gasteiger partial charge in [-0.25, -0.2) is 0 Å². The van der Waals surface area contributed by atoms with Crippen LogP contribution in [-0.4, -0.2) is 35.7 Å². The zero-order valence-electron chi connectivity index (χ0n) is 8.29. The molecule has 0 aromatic heterocycles. The van der Waals surface area contributed by atoms with Crippen molar-refractivity contribution in [3.05, 3.63) is 0 Å². The second-order valence-electron chi connectivity index (χ2n) is 4.19. The summed E-state index contributed by atoms with van der Waals surface area (Å²) < 4.78 is 0. The van der Waals surface area contributed by atoms with Crippen LogP contribution in [0.5, 0.6) is 0 Å². The van der Waals surface area contributed by atoms with E-state index >= 15 is 0 Å². The SMILES string of the molecule is CC(O)CN1CCCC(C)CC1. The molecule has 0 spiro atoms. The van der Waals surface area contributed by atoms with Gasteiger partial charge in [-0.3, -0.25) is 0 Å². The summed E-state index contributed by atoms with van der Waals surface area (Å²) in [4.78, 5) is 2.38. The molecule has 0 bridgehead atoms. The van der Waals surface area contributed by atoms with Gasteiger partial charge in [0, 0.05) is 6.54 Å². The van der Waals surface area contributed by atoms with Crippen LogP contribution in [0.2, 0.25) is 0 Å². The zero-order valence-corrected chi connectivity index (χ0v) is 8.29. The van der Waals surface area contributed by atoms with Gasteiger partial charge >= 0.3 is 0 Å². The van der Waals surface area contributed by atoms with Crippen LogP contribution in [0.15, 0.2) is 0 Å². The lowest BCUT2D eigenvalue weighted by atomic mass is 10.0. The molecular weight excluding hydrogens is 150 g/mol. The van der Waals surface area contributed by atoms with Gasteiger partial charge in [0.1, 0.15) is 0 Å². The molecule has 2 unspecified atom stereocenters. The van der Waals surface area contributed by atoms with Gasteiger partial charge in [0.15, 0.2) is 0 Å². The normalized spacial score (nSPS) is 29.8. The van der Waals surface area contributed by atoms with Gasteiger partial charge in [0.25, 0.3) is 0 Å². The fraction of sp³-hybridized carbons (Fsp3) is 1.00. The highest BCUT2D eigenvalue weighted by Gasteiger charge is 2.14. The molecule has 1 heterocycles. The summed E-state index contributed by atoms with van der Waals surface area (Å²) in [6.07, 6.45) is 3.79. The molecule has 2 heteroatoms. The molecule has 1 N–H and O–H groups in total. The van der Waals surface area contributed by atoms with E-state index in [1.54, 1.807) is 0 Å². The van der Waals surface area contributed by atoms with E-state index in [9.17, 15) is 5.11 Å². The van der Waals surface area contributed by atoms with E-state index in [-0.39, 0.29) is 6.10 Å². The van der Waals surface area contributed by atoms with E-state index in [1.807, 2.05) is 6.92 Å². The predicted molar refractivity (Wildman–Crippen MR) is 51.1 cm³/mol. The molecule has 1 rings (SSSR count). The lowest BCUT2D eigenvalue weighted by molar-refractivity contribution is 0.128. The Kier molecular flexibility index (Phi) is 4.02. The average Bonchev–Trinajstić information content (AvgIpc) is 2.15. The molecule has 1 aliphatic heterocycles. The molecule has 0 radical (unpaired) electrons. The maximum Gasteiger partial charge on any atom is 0.0639 e. The van der Waals surface area contributed by atoms with Crippen LogP contribution < -0.4 is 0 Å². The topological polar surface area (TPSA) is 23.5 Å². The summed E-state index contributed by atoms with van der Waals surface area (Å²) >= 11 is 0. The monoisotopic (exact) mass is 171 g/mol. The third-order valence-electron chi connectivity index (χ3n) is 2.63. The Morgan fingerprint density at radius 1 is 1.42 bits per heavy atom. The standard InChI is InChI=1S/C10H21NO/c1-9-4-3-6-11(7-5-9)8-10(2)12/h9-10,12H,3-8H2,1-2H3. The molecule has 72 valence electrons. The molecule has 1 saturated heterocycles. The Hall–Kier alpha value is -0.0800. The minimum Gasteiger partial charge on any atom is -0.392 e. The van der Waals surface area contributed by atoms with Crippen molar-refractivity contribution in [1.29, 1.82) is 0 Å². The number of hydrogen-bond donors (Lipinski definition) is 1. The molecule has 1 aliphatic rings. The van der Waals surface area contributed by atoms with Crippen LogP contribution in [-0.2, 0) is 0 Å². The second-order valence-corrected chi connectivity index (χ2v) is 4.19. The fourth-order valence-corrected chi connectivity index (χ4v) is 1.88. The van der Waals surface area contributed by atoms with E-state index in [0.717, 1.165) is 12.5 Å². The van der Waals surface area contributed by atoms with Crippen molar-refractivity contribution >= 4 is 0 Å². The number of nitrogens with zero attached hydrogens (tertiary/aromatic N) is 1. The minimum absolute atomic E-state index is 0.168. The maximum absolute atomic E-state index is 9.22. The first-order chi connectivity index (χ1) is 5.68. The Morgan fingerprint density at radius 2 is 2.17 bits per heavy atom. The largest absolute Gasteiger partial charge is 0.392 e. The molecule has 0 aromatic rings. The number of hydrogen-bond acceptors (Lipinski definition) is 2. The van der Waals surface area contributed by atoms with Crippen LogP contribution in [0.1, 0.15) is 33.1 Å². The third-order valence-corrected chi connectivity index (χ3v) is 2.63. The first-order valence-electron chi connectivity index (χ1n) is 5.09. The van der Waals surface area contributed by atoms with Crippen molar-refractivity contribution < 1.29 is 5.11 Å². The van der Waals surface area contributed by atoms with Gasteiger partial charge in [-0.1, -0.05) is 6.92 Å². The molecule has 0 saturated carbocycles. The van der Waals surface area contributed by atoms with Gasteiger partial charge in [-0.15, -0.1) is 0 Å². The summed E-state index contributed by atoms with van der Waals surface area (Å²) in [5.41, 5.74) is 0. The number of likely N-dealkylation sites (tertiary alicyclic amines) is 1. The number of rotatable bonds is 2. The minimum atomic E-state index is -0.168. The van der Waals surface area contributed by atoms with Gasteiger partial charge < -0.3 is 10.0 Å². The third kappa shape index (κ3) is 3.55. The molecule has 1 fully saturated rings.